The average molecular weight is 335 g/mol. The number of piperidine rings is 1. The van der Waals surface area contributed by atoms with Gasteiger partial charge < -0.3 is 10.2 Å². The van der Waals surface area contributed by atoms with Crippen LogP contribution >= 0.6 is 11.3 Å². The summed E-state index contributed by atoms with van der Waals surface area (Å²) < 4.78 is 1.22. The Morgan fingerprint density at radius 1 is 1.25 bits per heavy atom. The molecular formula is C18H17N5S. The van der Waals surface area contributed by atoms with Crippen molar-refractivity contribution in [2.45, 2.75) is 18.9 Å². The maximum absolute atomic E-state index is 9.21. The second kappa shape index (κ2) is 6.46. The van der Waals surface area contributed by atoms with Crippen molar-refractivity contribution >= 4 is 32.5 Å². The van der Waals surface area contributed by atoms with Gasteiger partial charge in [0.2, 0.25) is 0 Å². The van der Waals surface area contributed by atoms with E-state index in [0.717, 1.165) is 36.6 Å². The summed E-state index contributed by atoms with van der Waals surface area (Å²) in [5.41, 5.74) is 1.65. The number of anilines is 2. The molecule has 3 heterocycles. The van der Waals surface area contributed by atoms with Gasteiger partial charge in [0, 0.05) is 25.3 Å². The second-order valence-corrected chi connectivity index (χ2v) is 6.91. The molecule has 120 valence electrons. The third-order valence-electron chi connectivity index (χ3n) is 4.24. The molecule has 1 aliphatic heterocycles. The van der Waals surface area contributed by atoms with E-state index >= 15 is 0 Å². The SMILES string of the molecule is N#Cc1cccnc1N[C@@H]1CCCN(c2nc3ccccc3s2)C1. The van der Waals surface area contributed by atoms with E-state index in [2.05, 4.69) is 39.5 Å². The van der Waals surface area contributed by atoms with Crippen molar-refractivity contribution in [2.75, 3.05) is 23.3 Å². The minimum absolute atomic E-state index is 0.271. The van der Waals surface area contributed by atoms with E-state index in [0.29, 0.717) is 11.4 Å². The number of rotatable bonds is 3. The molecule has 2 aromatic heterocycles. The first-order valence-electron chi connectivity index (χ1n) is 8.05. The monoisotopic (exact) mass is 335 g/mol. The zero-order valence-electron chi connectivity index (χ0n) is 13.1. The molecule has 1 fully saturated rings. The zero-order valence-corrected chi connectivity index (χ0v) is 14.0. The topological polar surface area (TPSA) is 64.8 Å². The molecule has 1 saturated heterocycles. The number of hydrogen-bond donors (Lipinski definition) is 1. The first-order valence-corrected chi connectivity index (χ1v) is 8.87. The van der Waals surface area contributed by atoms with Crippen LogP contribution in [0.5, 0.6) is 0 Å². The van der Waals surface area contributed by atoms with Crippen LogP contribution < -0.4 is 10.2 Å². The van der Waals surface area contributed by atoms with Gasteiger partial charge in [-0.25, -0.2) is 9.97 Å². The highest BCUT2D eigenvalue weighted by Gasteiger charge is 2.23. The van der Waals surface area contributed by atoms with Crippen LogP contribution in [0.4, 0.5) is 10.9 Å². The molecule has 0 amide bonds. The van der Waals surface area contributed by atoms with Gasteiger partial charge in [0.05, 0.1) is 15.8 Å². The Morgan fingerprint density at radius 3 is 3.04 bits per heavy atom. The summed E-state index contributed by atoms with van der Waals surface area (Å²) in [7, 11) is 0. The van der Waals surface area contributed by atoms with Gasteiger partial charge >= 0.3 is 0 Å². The maximum Gasteiger partial charge on any atom is 0.186 e. The minimum atomic E-state index is 0.271. The number of fused-ring (bicyclic) bond motifs is 1. The Hall–Kier alpha value is -2.65. The normalized spacial score (nSPS) is 17.6. The van der Waals surface area contributed by atoms with Gasteiger partial charge in [0.15, 0.2) is 5.13 Å². The van der Waals surface area contributed by atoms with E-state index in [4.69, 9.17) is 4.98 Å². The molecule has 6 heteroatoms. The van der Waals surface area contributed by atoms with Crippen molar-refractivity contribution < 1.29 is 0 Å². The molecule has 0 saturated carbocycles. The quantitative estimate of drug-likeness (QED) is 0.791. The molecule has 0 radical (unpaired) electrons. The third kappa shape index (κ3) is 2.91. The molecule has 1 aliphatic rings. The summed E-state index contributed by atoms with van der Waals surface area (Å²) in [5, 5.41) is 13.7. The Kier molecular flexibility index (Phi) is 4.01. The Morgan fingerprint density at radius 2 is 2.17 bits per heavy atom. The van der Waals surface area contributed by atoms with Gasteiger partial charge in [-0.2, -0.15) is 5.26 Å². The number of hydrogen-bond acceptors (Lipinski definition) is 6. The summed E-state index contributed by atoms with van der Waals surface area (Å²) in [6.45, 7) is 1.90. The average Bonchev–Trinajstić information content (AvgIpc) is 3.07. The first kappa shape index (κ1) is 14.9. The van der Waals surface area contributed by atoms with E-state index < -0.39 is 0 Å². The lowest BCUT2D eigenvalue weighted by Crippen LogP contribution is -2.42. The smallest absolute Gasteiger partial charge is 0.186 e. The molecule has 4 rings (SSSR count). The molecule has 1 N–H and O–H groups in total. The molecule has 24 heavy (non-hydrogen) atoms. The highest BCUT2D eigenvalue weighted by atomic mass is 32.1. The van der Waals surface area contributed by atoms with Gasteiger partial charge in [-0.1, -0.05) is 23.5 Å². The number of benzene rings is 1. The van der Waals surface area contributed by atoms with Crippen LogP contribution in [0.2, 0.25) is 0 Å². The zero-order chi connectivity index (χ0) is 16.4. The lowest BCUT2D eigenvalue weighted by molar-refractivity contribution is 0.528. The maximum atomic E-state index is 9.21. The number of nitrogens with zero attached hydrogens (tertiary/aromatic N) is 4. The molecule has 1 aromatic carbocycles. The molecule has 5 nitrogen and oxygen atoms in total. The number of thiazole rings is 1. The number of para-hydroxylation sites is 1. The van der Waals surface area contributed by atoms with E-state index in [1.807, 2.05) is 6.07 Å². The summed E-state index contributed by atoms with van der Waals surface area (Å²) in [6, 6.07) is 14.3. The van der Waals surface area contributed by atoms with Crippen LogP contribution in [0, 0.1) is 11.3 Å². The van der Waals surface area contributed by atoms with Gasteiger partial charge in [-0.05, 0) is 37.1 Å². The summed E-state index contributed by atoms with van der Waals surface area (Å²) >= 11 is 1.74. The fraction of sp³-hybridized carbons (Fsp3) is 0.278. The van der Waals surface area contributed by atoms with Crippen LogP contribution in [0.3, 0.4) is 0 Å². The standard InChI is InChI=1S/C18H17N5S/c19-11-13-5-3-9-20-17(13)21-14-6-4-10-23(12-14)18-22-15-7-1-2-8-16(15)24-18/h1-3,5,7-9,14H,4,6,10,12H2,(H,20,21)/t14-/m1/s1. The van der Waals surface area contributed by atoms with E-state index in [1.54, 1.807) is 29.7 Å². The lowest BCUT2D eigenvalue weighted by Gasteiger charge is -2.33. The number of nitrogens with one attached hydrogen (secondary N) is 1. The van der Waals surface area contributed by atoms with Crippen molar-refractivity contribution in [3.63, 3.8) is 0 Å². The summed E-state index contributed by atoms with van der Waals surface area (Å²) in [4.78, 5) is 11.4. The largest absolute Gasteiger partial charge is 0.364 e. The number of pyridine rings is 1. The molecule has 0 spiro atoms. The van der Waals surface area contributed by atoms with Crippen molar-refractivity contribution in [1.29, 1.82) is 5.26 Å². The summed E-state index contributed by atoms with van der Waals surface area (Å²) in [6.07, 6.45) is 3.89. The number of nitriles is 1. The predicted molar refractivity (Wildman–Crippen MR) is 97.4 cm³/mol. The van der Waals surface area contributed by atoms with Crippen molar-refractivity contribution in [3.8, 4) is 6.07 Å². The highest BCUT2D eigenvalue weighted by Crippen LogP contribution is 2.30. The van der Waals surface area contributed by atoms with Crippen LogP contribution in [-0.4, -0.2) is 29.1 Å². The first-order chi connectivity index (χ1) is 11.8. The highest BCUT2D eigenvalue weighted by molar-refractivity contribution is 7.22. The number of aromatic nitrogens is 2. The van der Waals surface area contributed by atoms with Crippen molar-refractivity contribution in [2.24, 2.45) is 0 Å². The lowest BCUT2D eigenvalue weighted by atomic mass is 10.1. The molecular weight excluding hydrogens is 318 g/mol. The summed E-state index contributed by atoms with van der Waals surface area (Å²) in [5.74, 6) is 0.677. The fourth-order valence-electron chi connectivity index (χ4n) is 3.07. The van der Waals surface area contributed by atoms with Gasteiger partial charge in [0.1, 0.15) is 11.9 Å². The Labute approximate surface area is 144 Å². The van der Waals surface area contributed by atoms with Crippen LogP contribution in [0.15, 0.2) is 42.6 Å². The van der Waals surface area contributed by atoms with Gasteiger partial charge in [0.25, 0.3) is 0 Å². The molecule has 1 atom stereocenters. The Balaban J connectivity index is 1.52. The molecule has 0 aliphatic carbocycles. The van der Waals surface area contributed by atoms with Crippen LogP contribution in [0.1, 0.15) is 18.4 Å². The second-order valence-electron chi connectivity index (χ2n) is 5.91. The van der Waals surface area contributed by atoms with Gasteiger partial charge in [-0.3, -0.25) is 0 Å². The molecule has 0 unspecified atom stereocenters. The van der Waals surface area contributed by atoms with E-state index in [-0.39, 0.29) is 6.04 Å². The minimum Gasteiger partial charge on any atom is -0.364 e. The molecule has 3 aromatic rings. The third-order valence-corrected chi connectivity index (χ3v) is 5.34. The molecule has 0 bridgehead atoms. The van der Waals surface area contributed by atoms with Crippen LogP contribution in [-0.2, 0) is 0 Å². The van der Waals surface area contributed by atoms with Gasteiger partial charge in [-0.15, -0.1) is 0 Å². The predicted octanol–water partition coefficient (Wildman–Crippen LogP) is 3.64. The van der Waals surface area contributed by atoms with Crippen LogP contribution in [0.25, 0.3) is 10.2 Å². The Bertz CT molecular complexity index is 865. The van der Waals surface area contributed by atoms with E-state index in [9.17, 15) is 5.26 Å². The van der Waals surface area contributed by atoms with Crippen molar-refractivity contribution in [3.05, 3.63) is 48.2 Å². The fourth-order valence-corrected chi connectivity index (χ4v) is 4.07. The van der Waals surface area contributed by atoms with E-state index in [1.165, 1.54) is 4.70 Å². The van der Waals surface area contributed by atoms with Crippen molar-refractivity contribution in [1.82, 2.24) is 9.97 Å².